The van der Waals surface area contributed by atoms with Crippen molar-refractivity contribution in [2.75, 3.05) is 13.2 Å². The quantitative estimate of drug-likeness (QED) is 0.691. The number of nitrogens with two attached hydrogens (primary N) is 1. The Bertz CT molecular complexity index is 103. The summed E-state index contributed by atoms with van der Waals surface area (Å²) < 4.78 is 5.61. The normalized spacial score (nSPS) is 14.8. The minimum absolute atomic E-state index is 0.00705. The van der Waals surface area contributed by atoms with Crippen molar-refractivity contribution in [2.45, 2.75) is 46.1 Å². The van der Waals surface area contributed by atoms with Crippen LogP contribution in [0.15, 0.2) is 0 Å². The van der Waals surface area contributed by atoms with Gasteiger partial charge in [-0.15, -0.1) is 0 Å². The van der Waals surface area contributed by atoms with Crippen molar-refractivity contribution in [3.63, 3.8) is 0 Å². The maximum Gasteiger partial charge on any atom is 0.0598 e. The number of ether oxygens (including phenoxy) is 1. The second-order valence-corrected chi connectivity index (χ2v) is 4.26. The molecule has 0 aliphatic rings. The van der Waals surface area contributed by atoms with Gasteiger partial charge >= 0.3 is 0 Å². The van der Waals surface area contributed by atoms with E-state index in [0.717, 1.165) is 26.0 Å². The lowest BCUT2D eigenvalue weighted by Gasteiger charge is -2.21. The van der Waals surface area contributed by atoms with Gasteiger partial charge in [-0.2, -0.15) is 0 Å². The molecule has 0 bridgehead atoms. The first-order valence-corrected chi connectivity index (χ1v) is 4.83. The van der Waals surface area contributed by atoms with E-state index in [1.54, 1.807) is 0 Å². The molecule has 0 saturated carbocycles. The van der Waals surface area contributed by atoms with Gasteiger partial charge in [0.25, 0.3) is 0 Å². The van der Waals surface area contributed by atoms with Gasteiger partial charge in [0.1, 0.15) is 0 Å². The van der Waals surface area contributed by atoms with Crippen LogP contribution in [0.5, 0.6) is 0 Å². The molecule has 74 valence electrons. The van der Waals surface area contributed by atoms with Gasteiger partial charge in [0.05, 0.1) is 5.60 Å². The Balaban J connectivity index is 3.41. The Morgan fingerprint density at radius 1 is 1.33 bits per heavy atom. The van der Waals surface area contributed by atoms with Crippen LogP contribution >= 0.6 is 0 Å². The van der Waals surface area contributed by atoms with Crippen LogP contribution in [-0.2, 0) is 4.74 Å². The van der Waals surface area contributed by atoms with Gasteiger partial charge in [0.2, 0.25) is 0 Å². The molecule has 0 amide bonds. The summed E-state index contributed by atoms with van der Waals surface area (Å²) in [4.78, 5) is 0. The molecule has 0 aromatic rings. The zero-order valence-electron chi connectivity index (χ0n) is 8.89. The molecule has 1 unspecified atom stereocenters. The summed E-state index contributed by atoms with van der Waals surface area (Å²) in [5, 5.41) is 0. The van der Waals surface area contributed by atoms with E-state index in [1.807, 2.05) is 0 Å². The molecule has 0 radical (unpaired) electrons. The summed E-state index contributed by atoms with van der Waals surface area (Å²) in [5.74, 6) is 0.632. The van der Waals surface area contributed by atoms with Crippen molar-refractivity contribution in [2.24, 2.45) is 11.7 Å². The monoisotopic (exact) mass is 173 g/mol. The van der Waals surface area contributed by atoms with Crippen molar-refractivity contribution < 1.29 is 4.74 Å². The largest absolute Gasteiger partial charge is 0.376 e. The van der Waals surface area contributed by atoms with Crippen LogP contribution in [0, 0.1) is 5.92 Å². The molecule has 0 aromatic heterocycles. The first-order valence-electron chi connectivity index (χ1n) is 4.83. The molecule has 0 fully saturated rings. The van der Waals surface area contributed by atoms with E-state index >= 15 is 0 Å². The molecule has 0 spiro atoms. The topological polar surface area (TPSA) is 35.2 Å². The molecule has 2 N–H and O–H groups in total. The minimum atomic E-state index is -0.00705. The fourth-order valence-corrected chi connectivity index (χ4v) is 1.02. The lowest BCUT2D eigenvalue weighted by atomic mass is 10.0. The standard InChI is InChI=1S/C10H23NO/c1-5-9(8-11)6-7-12-10(2,3)4/h9H,5-8,11H2,1-4H3. The highest BCUT2D eigenvalue weighted by atomic mass is 16.5. The predicted molar refractivity (Wildman–Crippen MR) is 53.2 cm³/mol. The lowest BCUT2D eigenvalue weighted by Crippen LogP contribution is -2.22. The third-order valence-corrected chi connectivity index (χ3v) is 1.97. The van der Waals surface area contributed by atoms with Crippen LogP contribution in [0.4, 0.5) is 0 Å². The maximum absolute atomic E-state index is 5.61. The molecule has 0 rings (SSSR count). The van der Waals surface area contributed by atoms with E-state index in [9.17, 15) is 0 Å². The lowest BCUT2D eigenvalue weighted by molar-refractivity contribution is -0.00904. The van der Waals surface area contributed by atoms with Gasteiger partial charge in [-0.1, -0.05) is 13.3 Å². The molecule has 2 heteroatoms. The van der Waals surface area contributed by atoms with Gasteiger partial charge in [-0.25, -0.2) is 0 Å². The minimum Gasteiger partial charge on any atom is -0.376 e. The highest BCUT2D eigenvalue weighted by molar-refractivity contribution is 4.61. The summed E-state index contributed by atoms with van der Waals surface area (Å²) in [7, 11) is 0. The highest BCUT2D eigenvalue weighted by Crippen LogP contribution is 2.11. The van der Waals surface area contributed by atoms with Crippen molar-refractivity contribution in [1.82, 2.24) is 0 Å². The van der Waals surface area contributed by atoms with E-state index in [0.29, 0.717) is 5.92 Å². The second kappa shape index (κ2) is 5.55. The molecule has 0 aliphatic carbocycles. The Hall–Kier alpha value is -0.0800. The summed E-state index contributed by atoms with van der Waals surface area (Å²) in [5.41, 5.74) is 5.57. The fraction of sp³-hybridized carbons (Fsp3) is 1.00. The molecular weight excluding hydrogens is 150 g/mol. The number of hydrogen-bond acceptors (Lipinski definition) is 2. The van der Waals surface area contributed by atoms with Crippen LogP contribution in [0.25, 0.3) is 0 Å². The third-order valence-electron chi connectivity index (χ3n) is 1.97. The first-order chi connectivity index (χ1) is 5.49. The van der Waals surface area contributed by atoms with Gasteiger partial charge in [-0.3, -0.25) is 0 Å². The molecular formula is C10H23NO. The van der Waals surface area contributed by atoms with Gasteiger partial charge in [-0.05, 0) is 39.7 Å². The van der Waals surface area contributed by atoms with E-state index < -0.39 is 0 Å². The third kappa shape index (κ3) is 6.62. The number of hydrogen-bond donors (Lipinski definition) is 1. The van der Waals surface area contributed by atoms with Crippen molar-refractivity contribution in [3.8, 4) is 0 Å². The van der Waals surface area contributed by atoms with E-state index in [1.165, 1.54) is 0 Å². The van der Waals surface area contributed by atoms with E-state index in [2.05, 4.69) is 27.7 Å². The predicted octanol–water partition coefficient (Wildman–Crippen LogP) is 2.18. The van der Waals surface area contributed by atoms with E-state index in [4.69, 9.17) is 10.5 Å². The molecule has 0 aliphatic heterocycles. The van der Waals surface area contributed by atoms with Gasteiger partial charge < -0.3 is 10.5 Å². The zero-order chi connectivity index (χ0) is 9.61. The van der Waals surface area contributed by atoms with Crippen molar-refractivity contribution in [3.05, 3.63) is 0 Å². The Morgan fingerprint density at radius 3 is 2.25 bits per heavy atom. The summed E-state index contributed by atoms with van der Waals surface area (Å²) in [6, 6.07) is 0. The summed E-state index contributed by atoms with van der Waals surface area (Å²) in [6.07, 6.45) is 2.24. The van der Waals surface area contributed by atoms with Crippen molar-refractivity contribution >= 4 is 0 Å². The van der Waals surface area contributed by atoms with Gasteiger partial charge in [0.15, 0.2) is 0 Å². The molecule has 1 atom stereocenters. The highest BCUT2D eigenvalue weighted by Gasteiger charge is 2.11. The molecule has 12 heavy (non-hydrogen) atoms. The Labute approximate surface area is 76.5 Å². The van der Waals surface area contributed by atoms with Crippen LogP contribution in [0.3, 0.4) is 0 Å². The van der Waals surface area contributed by atoms with Crippen LogP contribution in [0.2, 0.25) is 0 Å². The smallest absolute Gasteiger partial charge is 0.0598 e. The average molecular weight is 173 g/mol. The fourth-order valence-electron chi connectivity index (χ4n) is 1.02. The second-order valence-electron chi connectivity index (χ2n) is 4.26. The van der Waals surface area contributed by atoms with E-state index in [-0.39, 0.29) is 5.60 Å². The average Bonchev–Trinajstić information content (AvgIpc) is 1.96. The Kier molecular flexibility index (Phi) is 5.51. The Morgan fingerprint density at radius 2 is 1.92 bits per heavy atom. The van der Waals surface area contributed by atoms with Crippen LogP contribution in [-0.4, -0.2) is 18.8 Å². The first kappa shape index (κ1) is 11.9. The molecule has 0 saturated heterocycles. The SMILES string of the molecule is CCC(CN)CCOC(C)(C)C. The summed E-state index contributed by atoms with van der Waals surface area (Å²) >= 11 is 0. The molecule has 0 heterocycles. The van der Waals surface area contributed by atoms with Gasteiger partial charge in [0, 0.05) is 6.61 Å². The zero-order valence-corrected chi connectivity index (χ0v) is 8.89. The van der Waals surface area contributed by atoms with Crippen LogP contribution < -0.4 is 5.73 Å². The molecule has 0 aromatic carbocycles. The number of rotatable bonds is 5. The van der Waals surface area contributed by atoms with Crippen LogP contribution in [0.1, 0.15) is 40.5 Å². The summed E-state index contributed by atoms with van der Waals surface area (Å²) in [6.45, 7) is 10.0. The molecule has 2 nitrogen and oxygen atoms in total. The maximum atomic E-state index is 5.61. The van der Waals surface area contributed by atoms with Crippen molar-refractivity contribution in [1.29, 1.82) is 0 Å².